The van der Waals surface area contributed by atoms with E-state index < -0.39 is 6.61 Å². The molecule has 0 unspecified atom stereocenters. The maximum absolute atomic E-state index is 13.7. The number of fused-ring (bicyclic) bond motifs is 2. The third-order valence-corrected chi connectivity index (χ3v) is 5.27. The highest BCUT2D eigenvalue weighted by Gasteiger charge is 2.17. The van der Waals surface area contributed by atoms with Crippen molar-refractivity contribution in [1.29, 1.82) is 0 Å². The van der Waals surface area contributed by atoms with E-state index in [1.165, 1.54) is 28.8 Å². The van der Waals surface area contributed by atoms with Gasteiger partial charge in [0.15, 0.2) is 5.65 Å². The second-order valence-electron chi connectivity index (χ2n) is 7.62. The average molecular weight is 462 g/mol. The van der Waals surface area contributed by atoms with Crippen LogP contribution in [-0.2, 0) is 7.05 Å². The van der Waals surface area contributed by atoms with Gasteiger partial charge in [-0.3, -0.25) is 14.0 Å². The SMILES string of the molecule is CCNc1ccc2nc(-c3ccc4nn(C)cc4c3)c(=O)n(-c3ccc(OC(F)F)cc3)c2n1. The molecule has 5 aromatic rings. The molecule has 0 saturated carbocycles. The van der Waals surface area contributed by atoms with Crippen molar-refractivity contribution in [2.45, 2.75) is 13.5 Å². The van der Waals surface area contributed by atoms with E-state index >= 15 is 0 Å². The van der Waals surface area contributed by atoms with E-state index in [0.29, 0.717) is 34.8 Å². The number of anilines is 1. The summed E-state index contributed by atoms with van der Waals surface area (Å²) < 4.78 is 32.7. The van der Waals surface area contributed by atoms with Gasteiger partial charge in [0.05, 0.1) is 11.2 Å². The van der Waals surface area contributed by atoms with E-state index in [2.05, 4.69) is 25.1 Å². The Bertz CT molecular complexity index is 1560. The fourth-order valence-corrected chi connectivity index (χ4v) is 3.84. The van der Waals surface area contributed by atoms with Crippen molar-refractivity contribution in [2.24, 2.45) is 7.05 Å². The number of hydrogen-bond donors (Lipinski definition) is 1. The summed E-state index contributed by atoms with van der Waals surface area (Å²) in [6, 6.07) is 14.9. The molecule has 0 aliphatic heterocycles. The summed E-state index contributed by atoms with van der Waals surface area (Å²) in [7, 11) is 1.83. The molecule has 5 rings (SSSR count). The molecular weight excluding hydrogens is 442 g/mol. The van der Waals surface area contributed by atoms with Crippen LogP contribution in [0.1, 0.15) is 6.92 Å². The second kappa shape index (κ2) is 8.54. The Balaban J connectivity index is 1.74. The van der Waals surface area contributed by atoms with Crippen LogP contribution in [0.2, 0.25) is 0 Å². The van der Waals surface area contributed by atoms with Crippen molar-refractivity contribution in [3.63, 3.8) is 0 Å². The first-order valence-corrected chi connectivity index (χ1v) is 10.6. The Morgan fingerprint density at radius 1 is 1.03 bits per heavy atom. The zero-order valence-electron chi connectivity index (χ0n) is 18.4. The standard InChI is InChI=1S/C24H20F2N6O2/c1-3-27-20-11-10-19-22(29-20)32(16-5-7-17(8-6-16)34-24(25)26)23(33)21(28-19)14-4-9-18-15(12-14)13-31(2)30-18/h4-13,24H,3H2,1-2H3,(H,27,29). The van der Waals surface area contributed by atoms with E-state index in [-0.39, 0.29) is 17.0 Å². The predicted molar refractivity (Wildman–Crippen MR) is 126 cm³/mol. The number of hydrogen-bond acceptors (Lipinski definition) is 6. The topological polar surface area (TPSA) is 86.9 Å². The highest BCUT2D eigenvalue weighted by atomic mass is 19.3. The fourth-order valence-electron chi connectivity index (χ4n) is 3.84. The van der Waals surface area contributed by atoms with Crippen LogP contribution in [0.4, 0.5) is 14.6 Å². The lowest BCUT2D eigenvalue weighted by Gasteiger charge is -2.14. The van der Waals surface area contributed by atoms with Crippen molar-refractivity contribution in [3.8, 4) is 22.7 Å². The number of pyridine rings is 1. The van der Waals surface area contributed by atoms with Crippen LogP contribution >= 0.6 is 0 Å². The summed E-state index contributed by atoms with van der Waals surface area (Å²) in [5, 5.41) is 8.38. The van der Waals surface area contributed by atoms with Crippen molar-refractivity contribution < 1.29 is 13.5 Å². The zero-order valence-corrected chi connectivity index (χ0v) is 18.4. The molecule has 0 bridgehead atoms. The van der Waals surface area contributed by atoms with Gasteiger partial charge < -0.3 is 10.1 Å². The molecule has 0 spiro atoms. The van der Waals surface area contributed by atoms with Gasteiger partial charge in [0.2, 0.25) is 0 Å². The number of nitrogens with one attached hydrogen (secondary N) is 1. The molecule has 8 nitrogen and oxygen atoms in total. The summed E-state index contributed by atoms with van der Waals surface area (Å²) in [5.41, 5.74) is 2.59. The third-order valence-electron chi connectivity index (χ3n) is 5.27. The molecule has 0 amide bonds. The normalized spacial score (nSPS) is 11.4. The maximum Gasteiger partial charge on any atom is 0.387 e. The maximum atomic E-state index is 13.7. The second-order valence-corrected chi connectivity index (χ2v) is 7.62. The molecule has 172 valence electrons. The number of benzene rings is 2. The quantitative estimate of drug-likeness (QED) is 0.403. The minimum Gasteiger partial charge on any atom is -0.435 e. The van der Waals surface area contributed by atoms with E-state index in [4.69, 9.17) is 0 Å². The van der Waals surface area contributed by atoms with E-state index in [0.717, 1.165) is 10.9 Å². The Hall–Kier alpha value is -4.34. The van der Waals surface area contributed by atoms with Crippen molar-refractivity contribution in [3.05, 3.63) is 71.1 Å². The van der Waals surface area contributed by atoms with Gasteiger partial charge in [-0.2, -0.15) is 13.9 Å². The molecule has 3 aromatic heterocycles. The van der Waals surface area contributed by atoms with Crippen LogP contribution < -0.4 is 15.6 Å². The lowest BCUT2D eigenvalue weighted by molar-refractivity contribution is -0.0498. The number of alkyl halides is 2. The van der Waals surface area contributed by atoms with Gasteiger partial charge in [0.1, 0.15) is 22.8 Å². The lowest BCUT2D eigenvalue weighted by Crippen LogP contribution is -2.23. The molecule has 0 aliphatic carbocycles. The van der Waals surface area contributed by atoms with Crippen LogP contribution in [0.5, 0.6) is 5.75 Å². The molecule has 3 heterocycles. The number of halogens is 2. The highest BCUT2D eigenvalue weighted by Crippen LogP contribution is 2.25. The molecule has 1 N–H and O–H groups in total. The highest BCUT2D eigenvalue weighted by molar-refractivity contribution is 5.85. The van der Waals surface area contributed by atoms with Gasteiger partial charge in [-0.05, 0) is 55.5 Å². The number of nitrogens with zero attached hydrogens (tertiary/aromatic N) is 5. The van der Waals surface area contributed by atoms with E-state index in [1.807, 2.05) is 32.3 Å². The average Bonchev–Trinajstić information content (AvgIpc) is 3.18. The first kappa shape index (κ1) is 21.5. The van der Waals surface area contributed by atoms with Crippen LogP contribution in [0.15, 0.2) is 65.6 Å². The van der Waals surface area contributed by atoms with Crippen LogP contribution in [0, 0.1) is 0 Å². The molecule has 0 radical (unpaired) electrons. The van der Waals surface area contributed by atoms with Gasteiger partial charge in [0, 0.05) is 30.7 Å². The van der Waals surface area contributed by atoms with Gasteiger partial charge in [-0.1, -0.05) is 6.07 Å². The smallest absolute Gasteiger partial charge is 0.387 e. The molecule has 34 heavy (non-hydrogen) atoms. The first-order valence-electron chi connectivity index (χ1n) is 10.6. The Labute approximate surface area is 192 Å². The number of ether oxygens (including phenoxy) is 1. The van der Waals surface area contributed by atoms with Crippen molar-refractivity contribution in [1.82, 2.24) is 24.3 Å². The Kier molecular flexibility index (Phi) is 5.40. The summed E-state index contributed by atoms with van der Waals surface area (Å²) in [6.45, 7) is -0.343. The van der Waals surface area contributed by atoms with Gasteiger partial charge in [-0.25, -0.2) is 9.97 Å². The Morgan fingerprint density at radius 3 is 2.53 bits per heavy atom. The van der Waals surface area contributed by atoms with E-state index in [9.17, 15) is 13.6 Å². The minimum atomic E-state index is -2.94. The zero-order chi connectivity index (χ0) is 23.8. The van der Waals surface area contributed by atoms with Crippen LogP contribution in [-0.4, -0.2) is 37.5 Å². The monoisotopic (exact) mass is 462 g/mol. The third kappa shape index (κ3) is 3.94. The molecule has 0 fully saturated rings. The van der Waals surface area contributed by atoms with Crippen molar-refractivity contribution in [2.75, 3.05) is 11.9 Å². The summed E-state index contributed by atoms with van der Waals surface area (Å²) >= 11 is 0. The number of aryl methyl sites for hydroxylation is 1. The van der Waals surface area contributed by atoms with Crippen molar-refractivity contribution >= 4 is 27.9 Å². The van der Waals surface area contributed by atoms with Gasteiger partial charge >= 0.3 is 6.61 Å². The molecule has 10 heteroatoms. The molecule has 2 aromatic carbocycles. The van der Waals surface area contributed by atoms with E-state index in [1.54, 1.807) is 22.9 Å². The predicted octanol–water partition coefficient (Wildman–Crippen LogP) is 4.37. The van der Waals surface area contributed by atoms with Crippen LogP contribution in [0.25, 0.3) is 39.0 Å². The Morgan fingerprint density at radius 2 is 1.79 bits per heavy atom. The molecule has 0 aliphatic rings. The molecular formula is C24H20F2N6O2. The molecule has 0 saturated heterocycles. The lowest BCUT2D eigenvalue weighted by atomic mass is 10.1. The fraction of sp³-hybridized carbons (Fsp3) is 0.167. The summed E-state index contributed by atoms with van der Waals surface area (Å²) in [6.07, 6.45) is 1.87. The van der Waals surface area contributed by atoms with Crippen LogP contribution in [0.3, 0.4) is 0 Å². The summed E-state index contributed by atoms with van der Waals surface area (Å²) in [4.78, 5) is 22.9. The van der Waals surface area contributed by atoms with Gasteiger partial charge in [0.25, 0.3) is 5.56 Å². The molecule has 0 atom stereocenters. The minimum absolute atomic E-state index is 0.00582. The number of rotatable bonds is 6. The first-order chi connectivity index (χ1) is 16.4. The number of aromatic nitrogens is 5. The van der Waals surface area contributed by atoms with Gasteiger partial charge in [-0.15, -0.1) is 0 Å². The largest absolute Gasteiger partial charge is 0.435 e. The summed E-state index contributed by atoms with van der Waals surface area (Å²) in [5.74, 6) is 0.584.